The summed E-state index contributed by atoms with van der Waals surface area (Å²) in [5.41, 5.74) is 7.93. The first-order valence-electron chi connectivity index (χ1n) is 11.8. The molecule has 5 rings (SSSR count). The minimum atomic E-state index is -1.11. The van der Waals surface area contributed by atoms with Crippen molar-refractivity contribution in [2.75, 3.05) is 13.1 Å². The summed E-state index contributed by atoms with van der Waals surface area (Å²) in [6.45, 7) is 11.2. The van der Waals surface area contributed by atoms with Crippen molar-refractivity contribution in [3.8, 4) is 5.75 Å². The molecular weight excluding hydrogens is 412 g/mol. The van der Waals surface area contributed by atoms with Crippen molar-refractivity contribution in [2.24, 2.45) is 16.3 Å². The summed E-state index contributed by atoms with van der Waals surface area (Å²) in [4.78, 5) is 17.7. The quantitative estimate of drug-likeness (QED) is 0.579. The van der Waals surface area contributed by atoms with Gasteiger partial charge in [-0.1, -0.05) is 55.4 Å². The van der Waals surface area contributed by atoms with E-state index in [2.05, 4.69) is 57.0 Å². The molecule has 2 N–H and O–H groups in total. The SMILES string of the molecule is CC(C)=CCN1C2=C3CC1C(C)C1(C)C=NC/C=C\C3=C1CC2.O=C(O)c1ccccc1O. The highest BCUT2D eigenvalue weighted by Gasteiger charge is 2.50. The van der Waals surface area contributed by atoms with Crippen LogP contribution in [0.1, 0.15) is 57.3 Å². The Bertz CT molecular complexity index is 1100. The van der Waals surface area contributed by atoms with Gasteiger partial charge in [-0.05, 0) is 62.3 Å². The molecule has 0 aromatic heterocycles. The van der Waals surface area contributed by atoms with E-state index in [1.165, 1.54) is 37.0 Å². The number of aromatic hydroxyl groups is 1. The summed E-state index contributed by atoms with van der Waals surface area (Å²) in [6, 6.07) is 6.43. The largest absolute Gasteiger partial charge is 0.507 e. The number of phenols is 1. The van der Waals surface area contributed by atoms with E-state index in [1.54, 1.807) is 34.5 Å². The molecule has 0 spiro atoms. The van der Waals surface area contributed by atoms with Gasteiger partial charge in [0.05, 0.1) is 6.54 Å². The molecule has 2 aliphatic carbocycles. The lowest BCUT2D eigenvalue weighted by Crippen LogP contribution is -2.46. The number of hydrogen-bond acceptors (Lipinski definition) is 4. The summed E-state index contributed by atoms with van der Waals surface area (Å²) in [5, 5.41) is 17.3. The second-order valence-corrected chi connectivity index (χ2v) is 9.81. The smallest absolute Gasteiger partial charge is 0.339 e. The summed E-state index contributed by atoms with van der Waals surface area (Å²) in [5.74, 6) is -0.711. The maximum atomic E-state index is 10.3. The topological polar surface area (TPSA) is 73.1 Å². The Kier molecular flexibility index (Phi) is 6.33. The van der Waals surface area contributed by atoms with Gasteiger partial charge in [0, 0.05) is 29.9 Å². The second kappa shape index (κ2) is 9.05. The predicted octanol–water partition coefficient (Wildman–Crippen LogP) is 5.76. The zero-order valence-electron chi connectivity index (χ0n) is 20.0. The van der Waals surface area contributed by atoms with Gasteiger partial charge in [0.25, 0.3) is 0 Å². The molecule has 1 aromatic rings. The van der Waals surface area contributed by atoms with E-state index in [-0.39, 0.29) is 16.7 Å². The summed E-state index contributed by atoms with van der Waals surface area (Å²) in [6.07, 6.45) is 12.9. The van der Waals surface area contributed by atoms with Gasteiger partial charge >= 0.3 is 5.97 Å². The Morgan fingerprint density at radius 3 is 2.70 bits per heavy atom. The van der Waals surface area contributed by atoms with Crippen LogP contribution in [0.5, 0.6) is 5.75 Å². The second-order valence-electron chi connectivity index (χ2n) is 9.81. The summed E-state index contributed by atoms with van der Waals surface area (Å²) in [7, 11) is 0. The third-order valence-corrected chi connectivity index (χ3v) is 7.63. The Hall–Kier alpha value is -3.08. The number of hydrogen-bond donors (Lipinski definition) is 2. The highest BCUT2D eigenvalue weighted by Crippen LogP contribution is 2.56. The lowest BCUT2D eigenvalue weighted by atomic mass is 9.66. The van der Waals surface area contributed by atoms with Crippen LogP contribution in [-0.4, -0.2) is 46.4 Å². The van der Waals surface area contributed by atoms with Crippen LogP contribution in [-0.2, 0) is 0 Å². The molecule has 33 heavy (non-hydrogen) atoms. The lowest BCUT2D eigenvalue weighted by molar-refractivity contribution is 0.0693. The van der Waals surface area contributed by atoms with E-state index in [9.17, 15) is 4.79 Å². The monoisotopic (exact) mass is 446 g/mol. The van der Waals surface area contributed by atoms with Crippen molar-refractivity contribution in [1.29, 1.82) is 0 Å². The van der Waals surface area contributed by atoms with Gasteiger partial charge in [0.2, 0.25) is 0 Å². The average molecular weight is 447 g/mol. The van der Waals surface area contributed by atoms with Crippen molar-refractivity contribution in [2.45, 2.75) is 53.0 Å². The molecule has 5 nitrogen and oxygen atoms in total. The summed E-state index contributed by atoms with van der Waals surface area (Å²) >= 11 is 0. The Labute approximate surface area is 196 Å². The molecule has 2 aliphatic heterocycles. The number of allylic oxidation sites excluding steroid dienone is 5. The molecule has 0 saturated carbocycles. The first kappa shape index (κ1) is 23.1. The zero-order valence-corrected chi connectivity index (χ0v) is 20.0. The lowest BCUT2D eigenvalue weighted by Gasteiger charge is -2.46. The molecule has 5 heteroatoms. The zero-order chi connectivity index (χ0) is 23.8. The van der Waals surface area contributed by atoms with Crippen molar-refractivity contribution < 1.29 is 15.0 Å². The molecule has 0 radical (unpaired) electrons. The standard InChI is InChI=1S/C21H28N2.C7H6O3/c1-14(2)9-11-23-19-8-7-18-16-6-5-10-22-13-21(18,4)15(3)20(23)12-17(16)19;8-6-4-2-1-3-5(6)7(9)10/h5-6,9,13,15,20H,7-8,10-12H2,1-4H3;1-4,8H,(H,9,10)/b6-5-,22-13?;. The van der Waals surface area contributed by atoms with Crippen LogP contribution in [0.3, 0.4) is 0 Å². The molecule has 4 aliphatic rings. The molecule has 0 saturated heterocycles. The number of carbonyl (C=O) groups is 1. The molecule has 1 aromatic carbocycles. The number of carboxylic acid groups (broad SMARTS) is 1. The minimum absolute atomic E-state index is 0.0671. The number of rotatable bonds is 3. The van der Waals surface area contributed by atoms with Crippen LogP contribution in [0.15, 0.2) is 75.5 Å². The molecule has 5 bridgehead atoms. The van der Waals surface area contributed by atoms with Crippen LogP contribution in [0, 0.1) is 11.3 Å². The van der Waals surface area contributed by atoms with Crippen molar-refractivity contribution >= 4 is 12.2 Å². The van der Waals surface area contributed by atoms with Crippen LogP contribution >= 0.6 is 0 Å². The Morgan fingerprint density at radius 2 is 2.03 bits per heavy atom. The van der Waals surface area contributed by atoms with Gasteiger partial charge < -0.3 is 15.1 Å². The Morgan fingerprint density at radius 1 is 1.27 bits per heavy atom. The number of likely N-dealkylation sites (tertiary alicyclic amines) is 1. The van der Waals surface area contributed by atoms with E-state index in [0.717, 1.165) is 13.1 Å². The van der Waals surface area contributed by atoms with Crippen LogP contribution in [0.25, 0.3) is 0 Å². The van der Waals surface area contributed by atoms with Gasteiger partial charge in [-0.3, -0.25) is 4.99 Å². The van der Waals surface area contributed by atoms with Gasteiger partial charge in [-0.25, -0.2) is 4.79 Å². The maximum Gasteiger partial charge on any atom is 0.339 e. The molecular formula is C28H34N2O3. The number of aliphatic imine (C=N–C) groups is 1. The maximum absolute atomic E-state index is 10.3. The fourth-order valence-electron chi connectivity index (χ4n) is 5.66. The number of para-hydroxylation sites is 1. The number of nitrogens with zero attached hydrogens (tertiary/aromatic N) is 2. The highest BCUT2D eigenvalue weighted by molar-refractivity contribution is 5.90. The molecule has 0 fully saturated rings. The van der Waals surface area contributed by atoms with Crippen molar-refractivity contribution in [1.82, 2.24) is 4.90 Å². The fourth-order valence-corrected chi connectivity index (χ4v) is 5.66. The first-order valence-corrected chi connectivity index (χ1v) is 11.8. The van der Waals surface area contributed by atoms with Crippen LogP contribution in [0.4, 0.5) is 0 Å². The van der Waals surface area contributed by atoms with Gasteiger partial charge in [0.1, 0.15) is 11.3 Å². The van der Waals surface area contributed by atoms with Gasteiger partial charge in [-0.15, -0.1) is 0 Å². The van der Waals surface area contributed by atoms with Crippen LogP contribution in [0.2, 0.25) is 0 Å². The Balaban J connectivity index is 0.000000219. The van der Waals surface area contributed by atoms with E-state index in [4.69, 9.17) is 15.2 Å². The predicted molar refractivity (Wildman–Crippen MR) is 133 cm³/mol. The summed E-state index contributed by atoms with van der Waals surface area (Å²) < 4.78 is 0. The number of fused-ring (bicyclic) bond motifs is 1. The third-order valence-electron chi connectivity index (χ3n) is 7.63. The molecule has 0 amide bonds. The highest BCUT2D eigenvalue weighted by atomic mass is 16.4. The van der Waals surface area contributed by atoms with Crippen molar-refractivity contribution in [3.63, 3.8) is 0 Å². The van der Waals surface area contributed by atoms with E-state index in [0.29, 0.717) is 12.0 Å². The minimum Gasteiger partial charge on any atom is -0.507 e. The molecule has 174 valence electrons. The fraction of sp³-hybridized carbons (Fsp3) is 0.429. The number of aromatic carboxylic acids is 1. The number of benzene rings is 1. The van der Waals surface area contributed by atoms with Gasteiger partial charge in [-0.2, -0.15) is 0 Å². The van der Waals surface area contributed by atoms with E-state index >= 15 is 0 Å². The normalized spacial score (nSPS) is 27.9. The van der Waals surface area contributed by atoms with E-state index < -0.39 is 5.97 Å². The third kappa shape index (κ3) is 4.17. The molecule has 3 atom stereocenters. The van der Waals surface area contributed by atoms with Crippen molar-refractivity contribution in [3.05, 3.63) is 76.0 Å². The van der Waals surface area contributed by atoms with E-state index in [1.807, 2.05) is 0 Å². The number of carboxylic acids is 1. The molecule has 3 unspecified atom stereocenters. The first-order chi connectivity index (χ1) is 15.7. The van der Waals surface area contributed by atoms with Crippen LogP contribution < -0.4 is 0 Å². The molecule has 2 heterocycles. The van der Waals surface area contributed by atoms with Gasteiger partial charge in [0.15, 0.2) is 0 Å². The average Bonchev–Trinajstić information content (AvgIpc) is 3.11.